The van der Waals surface area contributed by atoms with E-state index in [2.05, 4.69) is 31.1 Å². The van der Waals surface area contributed by atoms with Gasteiger partial charge in [-0.15, -0.1) is 10.2 Å². The predicted molar refractivity (Wildman–Crippen MR) is 82.6 cm³/mol. The summed E-state index contributed by atoms with van der Waals surface area (Å²) in [6, 6.07) is 5.96. The summed E-state index contributed by atoms with van der Waals surface area (Å²) in [5.74, 6) is 0. The molecule has 2 N–H and O–H groups in total. The van der Waals surface area contributed by atoms with Gasteiger partial charge < -0.3 is 5.73 Å². The Hall–Kier alpha value is -1.18. The number of halogens is 1. The zero-order chi connectivity index (χ0) is 13.4. The minimum absolute atomic E-state index is 0.656. The van der Waals surface area contributed by atoms with Crippen molar-refractivity contribution in [3.05, 3.63) is 33.9 Å². The van der Waals surface area contributed by atoms with E-state index >= 15 is 0 Å². The molecule has 96 valence electrons. The number of anilines is 1. The van der Waals surface area contributed by atoms with Gasteiger partial charge in [0.1, 0.15) is 5.01 Å². The zero-order valence-electron chi connectivity index (χ0n) is 9.92. The molecule has 0 spiro atoms. The molecule has 1 aromatic carbocycles. The maximum absolute atomic E-state index is 6.05. The molecule has 0 saturated heterocycles. The summed E-state index contributed by atoms with van der Waals surface area (Å²) in [6.07, 6.45) is 1.69. The van der Waals surface area contributed by atoms with E-state index in [1.165, 1.54) is 11.8 Å². The molecule has 7 heteroatoms. The molecule has 19 heavy (non-hydrogen) atoms. The van der Waals surface area contributed by atoms with E-state index in [4.69, 9.17) is 5.73 Å². The van der Waals surface area contributed by atoms with Crippen LogP contribution in [0.3, 0.4) is 0 Å². The number of aromatic nitrogens is 3. The quantitative estimate of drug-likeness (QED) is 0.757. The van der Waals surface area contributed by atoms with Crippen LogP contribution in [-0.2, 0) is 0 Å². The third kappa shape index (κ3) is 2.58. The van der Waals surface area contributed by atoms with E-state index in [1.54, 1.807) is 17.5 Å². The van der Waals surface area contributed by atoms with Crippen LogP contribution in [0.15, 0.2) is 38.1 Å². The largest absolute Gasteiger partial charge is 0.397 e. The molecule has 3 aromatic rings. The standard InChI is InChI=1S/C12H9BrN4S2/c1-6-16-17-12(18-6)19-11-8-4-7(13)2-3-10(8)15-5-9(11)14/h2-5H,14H2,1H3. The molecule has 0 aliphatic heterocycles. The van der Waals surface area contributed by atoms with E-state index in [0.29, 0.717) is 5.69 Å². The second-order valence-corrected chi connectivity index (χ2v) is 7.25. The van der Waals surface area contributed by atoms with E-state index in [9.17, 15) is 0 Å². The van der Waals surface area contributed by atoms with Crippen LogP contribution in [0, 0.1) is 6.92 Å². The van der Waals surface area contributed by atoms with Gasteiger partial charge in [-0.3, -0.25) is 4.98 Å². The number of pyridine rings is 1. The Labute approximate surface area is 126 Å². The summed E-state index contributed by atoms with van der Waals surface area (Å²) in [5.41, 5.74) is 7.62. The van der Waals surface area contributed by atoms with Crippen LogP contribution in [0.1, 0.15) is 5.01 Å². The van der Waals surface area contributed by atoms with Gasteiger partial charge in [-0.2, -0.15) is 0 Å². The van der Waals surface area contributed by atoms with E-state index in [1.807, 2.05) is 25.1 Å². The number of hydrogen-bond donors (Lipinski definition) is 1. The summed E-state index contributed by atoms with van der Waals surface area (Å²) in [6.45, 7) is 1.94. The van der Waals surface area contributed by atoms with Crippen molar-refractivity contribution in [1.82, 2.24) is 15.2 Å². The Morgan fingerprint density at radius 1 is 1.32 bits per heavy atom. The van der Waals surface area contributed by atoms with Crippen molar-refractivity contribution in [2.24, 2.45) is 0 Å². The Morgan fingerprint density at radius 2 is 2.16 bits per heavy atom. The number of nitrogens with two attached hydrogens (primary N) is 1. The molecule has 3 rings (SSSR count). The summed E-state index contributed by atoms with van der Waals surface area (Å²) in [4.78, 5) is 5.31. The Kier molecular flexibility index (Phi) is 3.42. The van der Waals surface area contributed by atoms with Gasteiger partial charge in [0, 0.05) is 14.8 Å². The van der Waals surface area contributed by atoms with Crippen molar-refractivity contribution in [3.8, 4) is 0 Å². The number of nitrogens with zero attached hydrogens (tertiary/aromatic N) is 3. The summed E-state index contributed by atoms with van der Waals surface area (Å²) >= 11 is 6.57. The van der Waals surface area contributed by atoms with Gasteiger partial charge in [0.15, 0.2) is 4.34 Å². The topological polar surface area (TPSA) is 64.7 Å². The van der Waals surface area contributed by atoms with Gasteiger partial charge in [0.05, 0.1) is 17.4 Å². The average Bonchev–Trinajstić information content (AvgIpc) is 2.79. The molecular formula is C12H9BrN4S2. The van der Waals surface area contributed by atoms with Crippen molar-refractivity contribution in [2.45, 2.75) is 16.2 Å². The molecular weight excluding hydrogens is 344 g/mol. The second kappa shape index (κ2) is 5.07. The zero-order valence-corrected chi connectivity index (χ0v) is 13.1. The first-order valence-electron chi connectivity index (χ1n) is 5.45. The van der Waals surface area contributed by atoms with Crippen LogP contribution in [0.4, 0.5) is 5.69 Å². The van der Waals surface area contributed by atoms with Gasteiger partial charge in [0.2, 0.25) is 0 Å². The highest BCUT2D eigenvalue weighted by Crippen LogP contribution is 2.38. The predicted octanol–water partition coefficient (Wildman–Crippen LogP) is 3.89. The number of rotatable bonds is 2. The van der Waals surface area contributed by atoms with Crippen LogP contribution >= 0.6 is 39.0 Å². The maximum atomic E-state index is 6.05. The highest BCUT2D eigenvalue weighted by Gasteiger charge is 2.11. The monoisotopic (exact) mass is 352 g/mol. The third-order valence-corrected chi connectivity index (χ3v) is 5.05. The van der Waals surface area contributed by atoms with Crippen LogP contribution < -0.4 is 5.73 Å². The van der Waals surface area contributed by atoms with Gasteiger partial charge >= 0.3 is 0 Å². The molecule has 0 aliphatic rings. The first-order chi connectivity index (χ1) is 9.13. The molecule has 0 unspecified atom stereocenters. The van der Waals surface area contributed by atoms with Crippen LogP contribution in [0.2, 0.25) is 0 Å². The van der Waals surface area contributed by atoms with Crippen molar-refractivity contribution in [3.63, 3.8) is 0 Å². The van der Waals surface area contributed by atoms with Crippen molar-refractivity contribution < 1.29 is 0 Å². The fraction of sp³-hybridized carbons (Fsp3) is 0.0833. The summed E-state index contributed by atoms with van der Waals surface area (Å²) in [7, 11) is 0. The molecule has 0 atom stereocenters. The van der Waals surface area contributed by atoms with Gasteiger partial charge in [-0.05, 0) is 25.1 Å². The van der Waals surface area contributed by atoms with Crippen LogP contribution in [-0.4, -0.2) is 15.2 Å². The molecule has 4 nitrogen and oxygen atoms in total. The molecule has 0 amide bonds. The first-order valence-corrected chi connectivity index (χ1v) is 7.88. The molecule has 0 fully saturated rings. The lowest BCUT2D eigenvalue weighted by molar-refractivity contribution is 0.984. The molecule has 2 aromatic heterocycles. The number of hydrogen-bond acceptors (Lipinski definition) is 6. The molecule has 0 radical (unpaired) electrons. The third-order valence-electron chi connectivity index (χ3n) is 2.50. The lowest BCUT2D eigenvalue weighted by Crippen LogP contribution is -1.92. The maximum Gasteiger partial charge on any atom is 0.179 e. The number of nitrogen functional groups attached to an aromatic ring is 1. The average molecular weight is 353 g/mol. The molecule has 2 heterocycles. The summed E-state index contributed by atoms with van der Waals surface area (Å²) < 4.78 is 1.89. The highest BCUT2D eigenvalue weighted by atomic mass is 79.9. The fourth-order valence-corrected chi connectivity index (χ4v) is 3.93. The second-order valence-electron chi connectivity index (χ2n) is 3.89. The summed E-state index contributed by atoms with van der Waals surface area (Å²) in [5, 5.41) is 10.1. The van der Waals surface area contributed by atoms with Gasteiger partial charge in [-0.1, -0.05) is 39.0 Å². The Morgan fingerprint density at radius 3 is 2.89 bits per heavy atom. The molecule has 0 aliphatic carbocycles. The lowest BCUT2D eigenvalue weighted by Gasteiger charge is -2.07. The van der Waals surface area contributed by atoms with Crippen molar-refractivity contribution in [1.29, 1.82) is 0 Å². The Bertz CT molecular complexity index is 751. The van der Waals surface area contributed by atoms with Crippen LogP contribution in [0.25, 0.3) is 10.9 Å². The highest BCUT2D eigenvalue weighted by molar-refractivity contribution is 9.10. The smallest absolute Gasteiger partial charge is 0.179 e. The van der Waals surface area contributed by atoms with Crippen LogP contribution in [0.5, 0.6) is 0 Å². The number of aryl methyl sites for hydroxylation is 1. The van der Waals surface area contributed by atoms with Gasteiger partial charge in [0.25, 0.3) is 0 Å². The molecule has 0 bridgehead atoms. The van der Waals surface area contributed by atoms with Gasteiger partial charge in [-0.25, -0.2) is 0 Å². The van der Waals surface area contributed by atoms with Crippen molar-refractivity contribution >= 4 is 55.6 Å². The SMILES string of the molecule is Cc1nnc(Sc2c(N)cnc3ccc(Br)cc23)s1. The lowest BCUT2D eigenvalue weighted by atomic mass is 10.2. The minimum Gasteiger partial charge on any atom is -0.397 e. The minimum atomic E-state index is 0.656. The van der Waals surface area contributed by atoms with E-state index < -0.39 is 0 Å². The van der Waals surface area contributed by atoms with E-state index in [-0.39, 0.29) is 0 Å². The van der Waals surface area contributed by atoms with Crippen molar-refractivity contribution in [2.75, 3.05) is 5.73 Å². The number of fused-ring (bicyclic) bond motifs is 1. The number of benzene rings is 1. The first kappa shape index (κ1) is 12.8. The molecule has 0 saturated carbocycles. The van der Waals surface area contributed by atoms with E-state index in [0.717, 1.165) is 29.6 Å². The normalized spacial score (nSPS) is 11.1. The Balaban J connectivity index is 2.15. The fourth-order valence-electron chi connectivity index (χ4n) is 1.68.